The molecule has 1 aliphatic carbocycles. The van der Waals surface area contributed by atoms with Crippen LogP contribution in [0.4, 0.5) is 0 Å². The Kier molecular flexibility index (Phi) is 17.0. The van der Waals surface area contributed by atoms with Gasteiger partial charge in [0.05, 0.1) is 91.4 Å². The van der Waals surface area contributed by atoms with Crippen molar-refractivity contribution in [2.75, 3.05) is 92.4 Å². The number of carbonyl (C=O) groups is 1. The number of allylic oxidation sites excluding steroid dienone is 2. The second kappa shape index (κ2) is 18.9. The lowest BCUT2D eigenvalue weighted by molar-refractivity contribution is -0.117. The third-order valence-electron chi connectivity index (χ3n) is 4.92. The first-order valence-corrected chi connectivity index (χ1v) is 12.0. The Balaban J connectivity index is 1.90. The van der Waals surface area contributed by atoms with Gasteiger partial charge in [0.15, 0.2) is 5.78 Å². The van der Waals surface area contributed by atoms with Gasteiger partial charge in [0.25, 0.3) is 0 Å². The molecule has 0 unspecified atom stereocenters. The van der Waals surface area contributed by atoms with Crippen LogP contribution in [0.2, 0.25) is 0 Å². The number of aliphatic imine (C=N–C) groups is 1. The number of nitrogens with zero attached hydrogens (tertiary/aromatic N) is 1. The van der Waals surface area contributed by atoms with Crippen LogP contribution in [0, 0.1) is 5.41 Å². The van der Waals surface area contributed by atoms with Gasteiger partial charge in [0.1, 0.15) is 5.76 Å². The maximum atomic E-state index is 12.3. The van der Waals surface area contributed by atoms with Crippen molar-refractivity contribution in [2.45, 2.75) is 33.6 Å². The Labute approximate surface area is 203 Å². The van der Waals surface area contributed by atoms with Crippen molar-refractivity contribution in [3.8, 4) is 0 Å². The predicted molar refractivity (Wildman–Crippen MR) is 130 cm³/mol. The maximum absolute atomic E-state index is 12.3. The molecule has 10 heteroatoms. The molecular formula is C24H44N2O8. The second-order valence-electron chi connectivity index (χ2n) is 8.69. The van der Waals surface area contributed by atoms with E-state index in [2.05, 4.69) is 4.99 Å². The quantitative estimate of drug-likeness (QED) is 0.183. The minimum atomic E-state index is -0.205. The summed E-state index contributed by atoms with van der Waals surface area (Å²) in [6, 6.07) is 0. The first-order chi connectivity index (χ1) is 16.4. The van der Waals surface area contributed by atoms with Crippen LogP contribution >= 0.6 is 0 Å². The number of aliphatic hydroxyl groups excluding tert-OH is 1. The van der Waals surface area contributed by atoms with Gasteiger partial charge in [0.2, 0.25) is 0 Å². The van der Waals surface area contributed by atoms with Gasteiger partial charge in [-0.2, -0.15) is 0 Å². The molecule has 0 aromatic carbocycles. The minimum Gasteiger partial charge on any atom is -0.511 e. The Morgan fingerprint density at radius 1 is 0.794 bits per heavy atom. The van der Waals surface area contributed by atoms with E-state index >= 15 is 0 Å². The van der Waals surface area contributed by atoms with Gasteiger partial charge >= 0.3 is 0 Å². The smallest absolute Gasteiger partial charge is 0.168 e. The van der Waals surface area contributed by atoms with E-state index in [1.54, 1.807) is 6.92 Å². The summed E-state index contributed by atoms with van der Waals surface area (Å²) in [6.07, 6.45) is 0.915. The Morgan fingerprint density at radius 2 is 1.21 bits per heavy atom. The summed E-state index contributed by atoms with van der Waals surface area (Å²) >= 11 is 0. The summed E-state index contributed by atoms with van der Waals surface area (Å²) in [4.78, 5) is 16.7. The zero-order chi connectivity index (χ0) is 25.1. The molecule has 0 spiro atoms. The summed E-state index contributed by atoms with van der Waals surface area (Å²) in [5.74, 6) is 0.0900. The average Bonchev–Trinajstić information content (AvgIpc) is 2.76. The van der Waals surface area contributed by atoms with Gasteiger partial charge in [-0.05, 0) is 12.3 Å². The Hall–Kier alpha value is -1.40. The minimum absolute atomic E-state index is 0.0487. The largest absolute Gasteiger partial charge is 0.511 e. The van der Waals surface area contributed by atoms with E-state index in [1.165, 1.54) is 0 Å². The van der Waals surface area contributed by atoms with Crippen molar-refractivity contribution in [3.63, 3.8) is 0 Å². The molecule has 0 heterocycles. The van der Waals surface area contributed by atoms with Gasteiger partial charge in [-0.3, -0.25) is 9.79 Å². The number of ether oxygens (including phenoxy) is 6. The van der Waals surface area contributed by atoms with Crippen LogP contribution in [-0.2, 0) is 33.2 Å². The van der Waals surface area contributed by atoms with Gasteiger partial charge in [0, 0.05) is 25.1 Å². The van der Waals surface area contributed by atoms with E-state index in [-0.39, 0.29) is 17.0 Å². The normalized spacial score (nSPS) is 16.5. The average molecular weight is 489 g/mol. The predicted octanol–water partition coefficient (Wildman–Crippen LogP) is 1.71. The molecule has 0 amide bonds. The fourth-order valence-electron chi connectivity index (χ4n) is 3.34. The molecule has 0 radical (unpaired) electrons. The molecule has 1 rings (SSSR count). The van der Waals surface area contributed by atoms with E-state index in [0.717, 1.165) is 0 Å². The molecule has 3 N–H and O–H groups in total. The molecule has 10 nitrogen and oxygen atoms in total. The lowest BCUT2D eigenvalue weighted by atomic mass is 9.76. The standard InChI is InChI=1S/C24H44N2O8/c1-20(23-21(27)18-24(2,3)19-22(23)28)26-5-7-30-9-11-32-13-15-34-17-16-33-14-12-31-10-8-29-6-4-25/h27H,4-19,25H2,1-3H3. The van der Waals surface area contributed by atoms with Gasteiger partial charge in [-0.15, -0.1) is 0 Å². The fraction of sp³-hybridized carbons (Fsp3) is 0.833. The highest BCUT2D eigenvalue weighted by Gasteiger charge is 2.33. The Morgan fingerprint density at radius 3 is 1.62 bits per heavy atom. The van der Waals surface area contributed by atoms with Gasteiger partial charge in [-0.1, -0.05) is 13.8 Å². The highest BCUT2D eigenvalue weighted by molar-refractivity contribution is 6.22. The molecule has 0 saturated heterocycles. The number of hydrogen-bond donors (Lipinski definition) is 2. The second-order valence-corrected chi connectivity index (χ2v) is 8.69. The highest BCUT2D eigenvalue weighted by atomic mass is 16.6. The first kappa shape index (κ1) is 30.6. The molecule has 0 aliphatic heterocycles. The summed E-state index contributed by atoms with van der Waals surface area (Å²) in [5.41, 5.74) is 6.05. The molecule has 0 saturated carbocycles. The van der Waals surface area contributed by atoms with Crippen molar-refractivity contribution in [1.82, 2.24) is 0 Å². The molecule has 0 aromatic heterocycles. The zero-order valence-corrected chi connectivity index (χ0v) is 21.1. The van der Waals surface area contributed by atoms with Gasteiger partial charge < -0.3 is 39.3 Å². The van der Waals surface area contributed by atoms with E-state index in [9.17, 15) is 9.90 Å². The van der Waals surface area contributed by atoms with Crippen molar-refractivity contribution in [1.29, 1.82) is 0 Å². The third-order valence-corrected chi connectivity index (χ3v) is 4.92. The van der Waals surface area contributed by atoms with Crippen LogP contribution in [-0.4, -0.2) is 109 Å². The van der Waals surface area contributed by atoms with Crippen molar-refractivity contribution in [3.05, 3.63) is 11.3 Å². The molecular weight excluding hydrogens is 444 g/mol. The Bertz CT molecular complexity index is 622. The molecule has 0 bridgehead atoms. The summed E-state index contributed by atoms with van der Waals surface area (Å²) in [5, 5.41) is 10.2. The van der Waals surface area contributed by atoms with Crippen LogP contribution in [0.1, 0.15) is 33.6 Å². The molecule has 198 valence electrons. The number of Topliss-reactive ketones (excluding diaryl/α,β-unsaturated/α-hetero) is 1. The van der Waals surface area contributed by atoms with E-state index in [0.29, 0.717) is 116 Å². The van der Waals surface area contributed by atoms with Crippen molar-refractivity contribution < 1.29 is 38.3 Å². The maximum Gasteiger partial charge on any atom is 0.168 e. The molecule has 0 atom stereocenters. The fourth-order valence-corrected chi connectivity index (χ4v) is 3.34. The monoisotopic (exact) mass is 488 g/mol. The number of nitrogens with two attached hydrogens (primary N) is 1. The molecule has 34 heavy (non-hydrogen) atoms. The van der Waals surface area contributed by atoms with E-state index in [4.69, 9.17) is 34.2 Å². The summed E-state index contributed by atoms with van der Waals surface area (Å²) < 4.78 is 32.3. The van der Waals surface area contributed by atoms with Crippen molar-refractivity contribution >= 4 is 11.5 Å². The van der Waals surface area contributed by atoms with Crippen LogP contribution in [0.15, 0.2) is 16.3 Å². The van der Waals surface area contributed by atoms with Crippen LogP contribution in [0.5, 0.6) is 0 Å². The number of aliphatic hydroxyl groups is 1. The van der Waals surface area contributed by atoms with Crippen molar-refractivity contribution in [2.24, 2.45) is 16.1 Å². The topological polar surface area (TPSA) is 131 Å². The molecule has 0 fully saturated rings. The molecule has 1 aliphatic rings. The SMILES string of the molecule is CC(=NCCOCCOCCOCCOCCOCCOCCN)C1=C(O)CC(C)(C)CC1=O. The zero-order valence-electron chi connectivity index (χ0n) is 21.1. The number of rotatable bonds is 21. The van der Waals surface area contributed by atoms with E-state index < -0.39 is 0 Å². The van der Waals surface area contributed by atoms with Gasteiger partial charge in [-0.25, -0.2) is 0 Å². The van der Waals surface area contributed by atoms with Crippen LogP contribution in [0.25, 0.3) is 0 Å². The number of carbonyl (C=O) groups excluding carboxylic acids is 1. The lowest BCUT2D eigenvalue weighted by Gasteiger charge is -2.29. The van der Waals surface area contributed by atoms with Crippen LogP contribution in [0.3, 0.4) is 0 Å². The number of ketones is 1. The lowest BCUT2D eigenvalue weighted by Crippen LogP contribution is -2.28. The van der Waals surface area contributed by atoms with Crippen LogP contribution < -0.4 is 5.73 Å². The first-order valence-electron chi connectivity index (χ1n) is 12.0. The summed E-state index contributed by atoms with van der Waals surface area (Å²) in [6.45, 7) is 12.7. The third kappa shape index (κ3) is 14.8. The number of hydrogen-bond acceptors (Lipinski definition) is 10. The summed E-state index contributed by atoms with van der Waals surface area (Å²) in [7, 11) is 0. The highest BCUT2D eigenvalue weighted by Crippen LogP contribution is 2.36. The molecule has 0 aromatic rings. The van der Waals surface area contributed by atoms with E-state index in [1.807, 2.05) is 13.8 Å².